The molecule has 3 nitrogen and oxygen atoms in total. The molecule has 0 amide bonds. The van der Waals surface area contributed by atoms with E-state index < -0.39 is 0 Å². The number of benzene rings is 2. The third-order valence-corrected chi connectivity index (χ3v) is 3.95. The highest BCUT2D eigenvalue weighted by Gasteiger charge is 2.20. The second kappa shape index (κ2) is 6.29. The number of hydrogen-bond acceptors (Lipinski definition) is 3. The minimum Gasteiger partial charge on any atom is -0.496 e. The number of aryl methyl sites for hydroxylation is 1. The Balaban J connectivity index is 2.55. The van der Waals surface area contributed by atoms with Crippen LogP contribution in [0.25, 0.3) is 0 Å². The largest absolute Gasteiger partial charge is 0.496 e. The first kappa shape index (κ1) is 14.9. The van der Waals surface area contributed by atoms with Crippen molar-refractivity contribution in [2.75, 3.05) is 14.2 Å². The molecule has 106 valence electrons. The van der Waals surface area contributed by atoms with Crippen LogP contribution in [0.15, 0.2) is 40.9 Å². The molecular formula is C16H18BrNO2. The van der Waals surface area contributed by atoms with Crippen molar-refractivity contribution in [2.45, 2.75) is 13.0 Å². The maximum atomic E-state index is 6.43. The Morgan fingerprint density at radius 3 is 2.15 bits per heavy atom. The molecule has 0 aliphatic rings. The average molecular weight is 336 g/mol. The Morgan fingerprint density at radius 2 is 1.65 bits per heavy atom. The van der Waals surface area contributed by atoms with E-state index in [-0.39, 0.29) is 6.04 Å². The zero-order chi connectivity index (χ0) is 14.7. The predicted molar refractivity (Wildman–Crippen MR) is 84.5 cm³/mol. The summed E-state index contributed by atoms with van der Waals surface area (Å²) in [5, 5.41) is 0. The molecule has 2 aromatic carbocycles. The predicted octanol–water partition coefficient (Wildman–Crippen LogP) is 3.82. The quantitative estimate of drug-likeness (QED) is 0.923. The highest BCUT2D eigenvalue weighted by molar-refractivity contribution is 9.10. The summed E-state index contributed by atoms with van der Waals surface area (Å²) in [5.74, 6) is 1.45. The monoisotopic (exact) mass is 335 g/mol. The van der Waals surface area contributed by atoms with E-state index in [1.165, 1.54) is 5.56 Å². The van der Waals surface area contributed by atoms with Crippen LogP contribution in [0.5, 0.6) is 11.5 Å². The molecule has 2 rings (SSSR count). The molecule has 0 radical (unpaired) electrons. The molecule has 0 bridgehead atoms. The minimum absolute atomic E-state index is 0.323. The summed E-state index contributed by atoms with van der Waals surface area (Å²) >= 11 is 3.58. The first-order valence-electron chi connectivity index (χ1n) is 6.31. The van der Waals surface area contributed by atoms with Crippen molar-refractivity contribution in [3.05, 3.63) is 57.6 Å². The molecule has 0 aliphatic heterocycles. The van der Waals surface area contributed by atoms with Crippen LogP contribution in [0.1, 0.15) is 22.7 Å². The zero-order valence-corrected chi connectivity index (χ0v) is 13.4. The van der Waals surface area contributed by atoms with Crippen molar-refractivity contribution in [3.63, 3.8) is 0 Å². The summed E-state index contributed by atoms with van der Waals surface area (Å²) in [6.07, 6.45) is 0. The third-order valence-electron chi connectivity index (χ3n) is 3.27. The maximum absolute atomic E-state index is 6.43. The number of methoxy groups -OCH3 is 2. The van der Waals surface area contributed by atoms with Crippen molar-refractivity contribution >= 4 is 15.9 Å². The molecule has 0 aliphatic carbocycles. The molecule has 0 saturated carbocycles. The van der Waals surface area contributed by atoms with Gasteiger partial charge in [-0.2, -0.15) is 0 Å². The highest BCUT2D eigenvalue weighted by atomic mass is 79.9. The van der Waals surface area contributed by atoms with Gasteiger partial charge in [0.25, 0.3) is 0 Å². The van der Waals surface area contributed by atoms with Gasteiger partial charge in [0, 0.05) is 4.47 Å². The van der Waals surface area contributed by atoms with E-state index in [0.717, 1.165) is 27.1 Å². The van der Waals surface area contributed by atoms with Gasteiger partial charge in [-0.05, 0) is 36.2 Å². The van der Waals surface area contributed by atoms with Gasteiger partial charge < -0.3 is 15.2 Å². The summed E-state index contributed by atoms with van der Waals surface area (Å²) in [5.41, 5.74) is 9.46. The highest BCUT2D eigenvalue weighted by Crippen LogP contribution is 2.38. The lowest BCUT2D eigenvalue weighted by molar-refractivity contribution is 0.382. The number of ether oxygens (including phenoxy) is 2. The number of hydrogen-bond donors (Lipinski definition) is 1. The molecule has 4 heteroatoms. The first-order chi connectivity index (χ1) is 9.58. The number of nitrogens with two attached hydrogens (primary N) is 1. The maximum Gasteiger partial charge on any atom is 0.127 e. The van der Waals surface area contributed by atoms with E-state index in [1.807, 2.05) is 37.3 Å². The number of rotatable bonds is 4. The molecule has 2 aromatic rings. The third kappa shape index (κ3) is 2.81. The van der Waals surface area contributed by atoms with Crippen LogP contribution in [0.2, 0.25) is 0 Å². The lowest BCUT2D eigenvalue weighted by Gasteiger charge is -2.20. The van der Waals surface area contributed by atoms with Crippen LogP contribution in [-0.4, -0.2) is 14.2 Å². The van der Waals surface area contributed by atoms with Crippen LogP contribution in [-0.2, 0) is 0 Å². The van der Waals surface area contributed by atoms with Gasteiger partial charge in [0.15, 0.2) is 0 Å². The fraction of sp³-hybridized carbons (Fsp3) is 0.250. The summed E-state index contributed by atoms with van der Waals surface area (Å²) in [4.78, 5) is 0. The summed E-state index contributed by atoms with van der Waals surface area (Å²) in [6.45, 7) is 2.05. The molecule has 2 N–H and O–H groups in total. The lowest BCUT2D eigenvalue weighted by Crippen LogP contribution is -2.15. The molecular weight excluding hydrogens is 318 g/mol. The van der Waals surface area contributed by atoms with E-state index in [4.69, 9.17) is 15.2 Å². The van der Waals surface area contributed by atoms with Crippen LogP contribution in [0.4, 0.5) is 0 Å². The van der Waals surface area contributed by atoms with Gasteiger partial charge in [-0.15, -0.1) is 0 Å². The lowest BCUT2D eigenvalue weighted by atomic mass is 9.97. The van der Waals surface area contributed by atoms with E-state index in [2.05, 4.69) is 22.0 Å². The molecule has 0 spiro atoms. The van der Waals surface area contributed by atoms with Gasteiger partial charge in [0.2, 0.25) is 0 Å². The second-order valence-electron chi connectivity index (χ2n) is 4.58. The molecule has 1 atom stereocenters. The van der Waals surface area contributed by atoms with Gasteiger partial charge in [0.1, 0.15) is 11.5 Å². The minimum atomic E-state index is -0.323. The van der Waals surface area contributed by atoms with Crippen molar-refractivity contribution in [2.24, 2.45) is 5.73 Å². The van der Waals surface area contributed by atoms with Gasteiger partial charge in [-0.25, -0.2) is 0 Å². The molecule has 0 heterocycles. The molecule has 1 unspecified atom stereocenters. The van der Waals surface area contributed by atoms with Crippen molar-refractivity contribution in [1.29, 1.82) is 0 Å². The van der Waals surface area contributed by atoms with E-state index in [0.29, 0.717) is 0 Å². The van der Waals surface area contributed by atoms with E-state index in [1.54, 1.807) is 14.2 Å². The molecule has 20 heavy (non-hydrogen) atoms. The van der Waals surface area contributed by atoms with Crippen molar-refractivity contribution in [3.8, 4) is 11.5 Å². The van der Waals surface area contributed by atoms with E-state index in [9.17, 15) is 0 Å². The Kier molecular flexibility index (Phi) is 4.68. The fourth-order valence-electron chi connectivity index (χ4n) is 2.23. The average Bonchev–Trinajstić information content (AvgIpc) is 2.45. The van der Waals surface area contributed by atoms with Crippen LogP contribution in [0, 0.1) is 6.92 Å². The van der Waals surface area contributed by atoms with Crippen LogP contribution < -0.4 is 15.2 Å². The van der Waals surface area contributed by atoms with Gasteiger partial charge in [-0.1, -0.05) is 34.1 Å². The Morgan fingerprint density at radius 1 is 1.05 bits per heavy atom. The zero-order valence-electron chi connectivity index (χ0n) is 11.8. The Bertz CT molecular complexity index is 591. The summed E-state index contributed by atoms with van der Waals surface area (Å²) < 4.78 is 11.8. The molecule has 0 saturated heterocycles. The topological polar surface area (TPSA) is 44.5 Å². The van der Waals surface area contributed by atoms with Crippen LogP contribution >= 0.6 is 15.9 Å². The summed E-state index contributed by atoms with van der Waals surface area (Å²) in [6, 6.07) is 11.5. The van der Waals surface area contributed by atoms with Gasteiger partial charge >= 0.3 is 0 Å². The molecule has 0 aromatic heterocycles. The SMILES string of the molecule is COc1cccc(OC)c1C(N)c1ccc(C)cc1Br. The Labute approximate surface area is 127 Å². The van der Waals surface area contributed by atoms with Crippen molar-refractivity contribution < 1.29 is 9.47 Å². The van der Waals surface area contributed by atoms with Gasteiger partial charge in [0.05, 0.1) is 25.8 Å². The smallest absolute Gasteiger partial charge is 0.127 e. The van der Waals surface area contributed by atoms with Crippen molar-refractivity contribution in [1.82, 2.24) is 0 Å². The van der Waals surface area contributed by atoms with Crippen LogP contribution in [0.3, 0.4) is 0 Å². The number of halogens is 1. The fourth-order valence-corrected chi connectivity index (χ4v) is 2.97. The van der Waals surface area contributed by atoms with Gasteiger partial charge in [-0.3, -0.25) is 0 Å². The summed E-state index contributed by atoms with van der Waals surface area (Å²) in [7, 11) is 3.27. The second-order valence-corrected chi connectivity index (χ2v) is 5.43. The standard InChI is InChI=1S/C16H18BrNO2/c1-10-7-8-11(12(17)9-10)16(18)15-13(19-2)5-4-6-14(15)20-3/h4-9,16H,18H2,1-3H3. The molecule has 0 fully saturated rings. The van der Waals surface area contributed by atoms with E-state index >= 15 is 0 Å². The Hall–Kier alpha value is -1.52. The first-order valence-corrected chi connectivity index (χ1v) is 7.10. The normalized spacial score (nSPS) is 12.1.